The van der Waals surface area contributed by atoms with Gasteiger partial charge in [0.2, 0.25) is 0 Å². The highest BCUT2D eigenvalue weighted by atomic mass is 32.1. The number of alkyl halides is 3. The van der Waals surface area contributed by atoms with Crippen molar-refractivity contribution in [2.45, 2.75) is 20.0 Å². The Bertz CT molecular complexity index is 960. The second-order valence-corrected chi connectivity index (χ2v) is 7.74. The minimum absolute atomic E-state index is 0.568. The molecule has 1 saturated heterocycles. The summed E-state index contributed by atoms with van der Waals surface area (Å²) in [7, 11) is 0. The second kappa shape index (κ2) is 6.63. The Hall–Kier alpha value is -2.42. The second-order valence-electron chi connectivity index (χ2n) is 6.54. The summed E-state index contributed by atoms with van der Waals surface area (Å²) in [5.74, 6) is 1.50. The van der Waals surface area contributed by atoms with Gasteiger partial charge >= 0.3 is 6.18 Å². The normalized spacial score (nSPS) is 15.6. The van der Waals surface area contributed by atoms with Crippen LogP contribution < -0.4 is 9.80 Å². The number of fused-ring (bicyclic) bond motifs is 1. The minimum atomic E-state index is -4.36. The highest BCUT2D eigenvalue weighted by Crippen LogP contribution is 2.35. The van der Waals surface area contributed by atoms with Crippen LogP contribution in [-0.2, 0) is 6.18 Å². The Morgan fingerprint density at radius 3 is 2.30 bits per heavy atom. The number of pyridine rings is 1. The third-order valence-electron chi connectivity index (χ3n) is 4.92. The minimum Gasteiger partial charge on any atom is -0.353 e. The number of hydrogen-bond acceptors (Lipinski definition) is 6. The third-order valence-corrected chi connectivity index (χ3v) is 6.04. The van der Waals surface area contributed by atoms with Crippen molar-refractivity contribution in [3.05, 3.63) is 40.7 Å². The molecule has 0 radical (unpaired) electrons. The number of halogens is 3. The van der Waals surface area contributed by atoms with Crippen LogP contribution in [-0.4, -0.2) is 41.1 Å². The molecule has 0 atom stereocenters. The van der Waals surface area contributed by atoms with E-state index >= 15 is 0 Å². The van der Waals surface area contributed by atoms with Crippen LogP contribution in [0.1, 0.15) is 16.0 Å². The van der Waals surface area contributed by atoms with Crippen molar-refractivity contribution in [2.24, 2.45) is 0 Å². The van der Waals surface area contributed by atoms with E-state index < -0.39 is 11.7 Å². The molecule has 27 heavy (non-hydrogen) atoms. The van der Waals surface area contributed by atoms with E-state index in [0.29, 0.717) is 18.9 Å². The van der Waals surface area contributed by atoms with Crippen LogP contribution in [0, 0.1) is 13.8 Å². The molecule has 0 bridgehead atoms. The van der Waals surface area contributed by atoms with Gasteiger partial charge in [0.05, 0.1) is 10.9 Å². The van der Waals surface area contributed by atoms with Gasteiger partial charge in [-0.3, -0.25) is 0 Å². The van der Waals surface area contributed by atoms with Crippen molar-refractivity contribution >= 4 is 33.2 Å². The summed E-state index contributed by atoms with van der Waals surface area (Å²) in [6, 6.07) is 2.52. The first-order chi connectivity index (χ1) is 12.8. The van der Waals surface area contributed by atoms with Gasteiger partial charge in [0, 0.05) is 37.3 Å². The van der Waals surface area contributed by atoms with E-state index in [-0.39, 0.29) is 0 Å². The standard InChI is InChI=1S/C18H18F3N5S/c1-11-12(2)27-17-15(11)16(23-10-24-17)26-7-5-25(6-8-26)14-4-3-13(9-22-14)18(19,20)21/h3-4,9-10H,5-8H2,1-2H3. The van der Waals surface area contributed by atoms with Crippen LogP contribution in [0.3, 0.4) is 0 Å². The SMILES string of the molecule is Cc1sc2ncnc(N3CCN(c4ccc(C(F)(F)F)cn4)CC3)c2c1C. The molecule has 0 aliphatic carbocycles. The van der Waals surface area contributed by atoms with Gasteiger partial charge in [-0.1, -0.05) is 0 Å². The molecule has 0 N–H and O–H groups in total. The molecule has 4 heterocycles. The van der Waals surface area contributed by atoms with Gasteiger partial charge in [-0.2, -0.15) is 13.2 Å². The molecule has 0 saturated carbocycles. The number of aryl methyl sites for hydroxylation is 2. The summed E-state index contributed by atoms with van der Waals surface area (Å²) in [5.41, 5.74) is 0.481. The molecule has 1 aliphatic rings. The van der Waals surface area contributed by atoms with Gasteiger partial charge in [0.1, 0.15) is 22.8 Å². The Morgan fingerprint density at radius 2 is 1.67 bits per heavy atom. The monoisotopic (exact) mass is 393 g/mol. The number of aromatic nitrogens is 3. The summed E-state index contributed by atoms with van der Waals surface area (Å²) in [6.45, 7) is 6.97. The summed E-state index contributed by atoms with van der Waals surface area (Å²) >= 11 is 1.67. The van der Waals surface area contributed by atoms with Gasteiger partial charge in [0.15, 0.2) is 0 Å². The lowest BCUT2D eigenvalue weighted by Gasteiger charge is -2.36. The quantitative estimate of drug-likeness (QED) is 0.657. The predicted molar refractivity (Wildman–Crippen MR) is 101 cm³/mol. The number of thiophene rings is 1. The van der Waals surface area contributed by atoms with E-state index in [4.69, 9.17) is 0 Å². The Kier molecular flexibility index (Phi) is 4.41. The van der Waals surface area contributed by atoms with Crippen LogP contribution in [0.25, 0.3) is 10.2 Å². The van der Waals surface area contributed by atoms with E-state index in [1.165, 1.54) is 16.5 Å². The fourth-order valence-corrected chi connectivity index (χ4v) is 4.28. The molecule has 0 unspecified atom stereocenters. The summed E-state index contributed by atoms with van der Waals surface area (Å²) in [6.07, 6.45) is -1.87. The van der Waals surface area contributed by atoms with Crippen LogP contribution in [0.5, 0.6) is 0 Å². The summed E-state index contributed by atoms with van der Waals surface area (Å²) in [4.78, 5) is 19.3. The zero-order valence-corrected chi connectivity index (χ0v) is 15.7. The number of hydrogen-bond donors (Lipinski definition) is 0. The van der Waals surface area contributed by atoms with Gasteiger partial charge < -0.3 is 9.80 Å². The molecule has 142 valence electrons. The Balaban J connectivity index is 1.51. The Morgan fingerprint density at radius 1 is 0.963 bits per heavy atom. The fourth-order valence-electron chi connectivity index (χ4n) is 3.29. The number of piperazine rings is 1. The summed E-state index contributed by atoms with van der Waals surface area (Å²) < 4.78 is 38.1. The van der Waals surface area contributed by atoms with Gasteiger partial charge in [-0.15, -0.1) is 11.3 Å². The molecule has 9 heteroatoms. The zero-order valence-electron chi connectivity index (χ0n) is 14.9. The zero-order chi connectivity index (χ0) is 19.2. The fraction of sp³-hybridized carbons (Fsp3) is 0.389. The van der Waals surface area contributed by atoms with E-state index in [1.54, 1.807) is 17.7 Å². The average molecular weight is 393 g/mol. The lowest BCUT2D eigenvalue weighted by molar-refractivity contribution is -0.137. The first-order valence-corrected chi connectivity index (χ1v) is 9.40. The number of rotatable bonds is 2. The van der Waals surface area contributed by atoms with E-state index in [1.807, 2.05) is 4.90 Å². The largest absolute Gasteiger partial charge is 0.417 e. The topological polar surface area (TPSA) is 45.2 Å². The molecule has 1 fully saturated rings. The van der Waals surface area contributed by atoms with Crippen LogP contribution in [0.4, 0.5) is 24.8 Å². The molecule has 3 aromatic rings. The van der Waals surface area contributed by atoms with Crippen molar-refractivity contribution in [1.29, 1.82) is 0 Å². The van der Waals surface area contributed by atoms with E-state index in [2.05, 4.69) is 33.7 Å². The maximum atomic E-state index is 12.7. The van der Waals surface area contributed by atoms with Crippen molar-refractivity contribution in [2.75, 3.05) is 36.0 Å². The lowest BCUT2D eigenvalue weighted by atomic mass is 10.2. The molecule has 1 aliphatic heterocycles. The van der Waals surface area contributed by atoms with Gasteiger partial charge in [0.25, 0.3) is 0 Å². The molecule has 4 rings (SSSR count). The third kappa shape index (κ3) is 3.31. The average Bonchev–Trinajstić information content (AvgIpc) is 2.95. The molecule has 0 amide bonds. The highest BCUT2D eigenvalue weighted by molar-refractivity contribution is 7.18. The van der Waals surface area contributed by atoms with Crippen molar-refractivity contribution < 1.29 is 13.2 Å². The highest BCUT2D eigenvalue weighted by Gasteiger charge is 2.31. The van der Waals surface area contributed by atoms with Crippen molar-refractivity contribution in [3.8, 4) is 0 Å². The molecular weight excluding hydrogens is 375 g/mol. The molecule has 0 aromatic carbocycles. The molecule has 0 spiro atoms. The smallest absolute Gasteiger partial charge is 0.353 e. The van der Waals surface area contributed by atoms with Crippen molar-refractivity contribution in [3.63, 3.8) is 0 Å². The van der Waals surface area contributed by atoms with Gasteiger partial charge in [-0.25, -0.2) is 15.0 Å². The summed E-state index contributed by atoms with van der Waals surface area (Å²) in [5, 5.41) is 1.10. The first kappa shape index (κ1) is 18.0. The lowest BCUT2D eigenvalue weighted by Crippen LogP contribution is -2.47. The van der Waals surface area contributed by atoms with E-state index in [0.717, 1.165) is 41.4 Å². The Labute approximate surface area is 158 Å². The molecule has 3 aromatic heterocycles. The number of nitrogens with zero attached hydrogens (tertiary/aromatic N) is 5. The predicted octanol–water partition coefficient (Wildman–Crippen LogP) is 4.05. The molecular formula is C18H18F3N5S. The van der Waals surface area contributed by atoms with Gasteiger partial charge in [-0.05, 0) is 31.5 Å². The van der Waals surface area contributed by atoms with Crippen LogP contribution >= 0.6 is 11.3 Å². The van der Waals surface area contributed by atoms with Crippen LogP contribution in [0.15, 0.2) is 24.7 Å². The maximum Gasteiger partial charge on any atom is 0.417 e. The van der Waals surface area contributed by atoms with Crippen molar-refractivity contribution in [1.82, 2.24) is 15.0 Å². The molecule has 5 nitrogen and oxygen atoms in total. The van der Waals surface area contributed by atoms with E-state index in [9.17, 15) is 13.2 Å². The number of anilines is 2. The maximum absolute atomic E-state index is 12.7. The first-order valence-electron chi connectivity index (χ1n) is 8.58. The van der Waals surface area contributed by atoms with Crippen LogP contribution in [0.2, 0.25) is 0 Å².